The van der Waals surface area contributed by atoms with Gasteiger partial charge in [-0.1, -0.05) is 42.0 Å². The van der Waals surface area contributed by atoms with Crippen LogP contribution in [0.4, 0.5) is 0 Å². The summed E-state index contributed by atoms with van der Waals surface area (Å²) in [5, 5.41) is 1.27. The Kier molecular flexibility index (Phi) is 3.34. The molecule has 0 spiro atoms. The van der Waals surface area contributed by atoms with Crippen LogP contribution in [-0.2, 0) is 18.1 Å². The Balaban J connectivity index is 1.69. The van der Waals surface area contributed by atoms with E-state index in [4.69, 9.17) is 4.74 Å². The topological polar surface area (TPSA) is 14.2 Å². The quantitative estimate of drug-likeness (QED) is 0.680. The van der Waals surface area contributed by atoms with Gasteiger partial charge in [-0.15, -0.1) is 0 Å². The maximum atomic E-state index is 5.77. The number of hydrogen-bond acceptors (Lipinski definition) is 1. The molecule has 0 unspecified atom stereocenters. The third-order valence-corrected chi connectivity index (χ3v) is 3.27. The highest BCUT2D eigenvalue weighted by atomic mass is 16.5. The van der Waals surface area contributed by atoms with Crippen LogP contribution in [0.3, 0.4) is 0 Å². The van der Waals surface area contributed by atoms with Gasteiger partial charge < -0.3 is 9.30 Å². The summed E-state index contributed by atoms with van der Waals surface area (Å²) in [5.74, 6) is 0. The first-order chi connectivity index (χ1) is 9.33. The van der Waals surface area contributed by atoms with Gasteiger partial charge in [0.1, 0.15) is 6.73 Å². The van der Waals surface area contributed by atoms with Gasteiger partial charge in [-0.2, -0.15) is 0 Å². The number of rotatable bonds is 4. The first kappa shape index (κ1) is 12.0. The van der Waals surface area contributed by atoms with Gasteiger partial charge in [0.25, 0.3) is 0 Å². The Morgan fingerprint density at radius 1 is 1.00 bits per heavy atom. The molecule has 96 valence electrons. The minimum atomic E-state index is 0.585. The summed E-state index contributed by atoms with van der Waals surface area (Å²) in [7, 11) is 0. The number of aromatic nitrogens is 1. The number of benzene rings is 2. The van der Waals surface area contributed by atoms with Crippen molar-refractivity contribution in [3.8, 4) is 0 Å². The van der Waals surface area contributed by atoms with E-state index in [1.54, 1.807) is 0 Å². The van der Waals surface area contributed by atoms with E-state index in [0.29, 0.717) is 13.3 Å². The zero-order valence-electron chi connectivity index (χ0n) is 11.0. The molecule has 0 radical (unpaired) electrons. The third-order valence-electron chi connectivity index (χ3n) is 3.27. The Labute approximate surface area is 113 Å². The predicted octanol–water partition coefficient (Wildman–Crippen LogP) is 4.12. The molecule has 0 saturated carbocycles. The zero-order chi connectivity index (χ0) is 13.1. The van der Waals surface area contributed by atoms with Crippen molar-refractivity contribution in [3.05, 3.63) is 71.9 Å². The fourth-order valence-electron chi connectivity index (χ4n) is 2.27. The van der Waals surface area contributed by atoms with E-state index in [9.17, 15) is 0 Å². The molecule has 0 aliphatic rings. The smallest absolute Gasteiger partial charge is 0.123 e. The van der Waals surface area contributed by atoms with Crippen LogP contribution in [0.2, 0.25) is 0 Å². The molecule has 3 rings (SSSR count). The second-order valence-corrected chi connectivity index (χ2v) is 4.81. The minimum absolute atomic E-state index is 0.585. The van der Waals surface area contributed by atoms with E-state index >= 15 is 0 Å². The minimum Gasteiger partial charge on any atom is -0.356 e. The summed E-state index contributed by atoms with van der Waals surface area (Å²) in [4.78, 5) is 0. The van der Waals surface area contributed by atoms with Crippen molar-refractivity contribution < 1.29 is 4.74 Å². The third kappa shape index (κ3) is 2.69. The van der Waals surface area contributed by atoms with Gasteiger partial charge in [0.15, 0.2) is 0 Å². The zero-order valence-corrected chi connectivity index (χ0v) is 11.0. The molecule has 0 saturated heterocycles. The van der Waals surface area contributed by atoms with Crippen LogP contribution in [0.5, 0.6) is 0 Å². The van der Waals surface area contributed by atoms with E-state index in [1.807, 2.05) is 18.2 Å². The lowest BCUT2D eigenvalue weighted by molar-refractivity contribution is 0.0668. The molecule has 0 aliphatic heterocycles. The lowest BCUT2D eigenvalue weighted by atomic mass is 10.2. The summed E-state index contributed by atoms with van der Waals surface area (Å²) < 4.78 is 7.90. The van der Waals surface area contributed by atoms with Crippen LogP contribution in [0, 0.1) is 6.92 Å². The summed E-state index contributed by atoms with van der Waals surface area (Å²) in [5.41, 5.74) is 3.71. The Bertz CT molecular complexity index is 670. The number of hydrogen-bond donors (Lipinski definition) is 0. The molecular weight excluding hydrogens is 234 g/mol. The number of aryl methyl sites for hydroxylation is 1. The van der Waals surface area contributed by atoms with Crippen molar-refractivity contribution in [3.63, 3.8) is 0 Å². The first-order valence-corrected chi connectivity index (χ1v) is 6.50. The van der Waals surface area contributed by atoms with Crippen molar-refractivity contribution in [1.29, 1.82) is 0 Å². The highest BCUT2D eigenvalue weighted by Crippen LogP contribution is 2.17. The van der Waals surface area contributed by atoms with Crippen molar-refractivity contribution in [1.82, 2.24) is 4.57 Å². The van der Waals surface area contributed by atoms with E-state index in [-0.39, 0.29) is 0 Å². The number of fused-ring (bicyclic) bond motifs is 1. The normalized spacial score (nSPS) is 11.0. The Hall–Kier alpha value is -2.06. The van der Waals surface area contributed by atoms with Crippen LogP contribution >= 0.6 is 0 Å². The molecule has 1 aromatic heterocycles. The van der Waals surface area contributed by atoms with Crippen molar-refractivity contribution in [2.24, 2.45) is 0 Å². The van der Waals surface area contributed by atoms with Crippen LogP contribution in [0.15, 0.2) is 60.8 Å². The molecule has 1 heterocycles. The fourth-order valence-corrected chi connectivity index (χ4v) is 2.27. The second kappa shape index (κ2) is 5.29. The summed E-state index contributed by atoms with van der Waals surface area (Å²) in [6.45, 7) is 3.34. The molecular formula is C17H17NO. The summed E-state index contributed by atoms with van der Waals surface area (Å²) in [6, 6.07) is 18.9. The molecule has 3 aromatic rings. The average Bonchev–Trinajstić information content (AvgIpc) is 2.82. The lowest BCUT2D eigenvalue weighted by Gasteiger charge is -2.07. The molecule has 0 aliphatic carbocycles. The van der Waals surface area contributed by atoms with E-state index in [2.05, 4.69) is 54.1 Å². The number of nitrogens with zero attached hydrogens (tertiary/aromatic N) is 1. The summed E-state index contributed by atoms with van der Waals surface area (Å²) in [6.07, 6.45) is 2.08. The Morgan fingerprint density at radius 2 is 1.84 bits per heavy atom. The van der Waals surface area contributed by atoms with Gasteiger partial charge in [0.05, 0.1) is 6.61 Å². The standard InChI is InChI=1S/C17H17NO/c1-14-7-8-17-16(11-14)9-10-18(17)13-19-12-15-5-3-2-4-6-15/h2-11H,12-13H2,1H3. The van der Waals surface area contributed by atoms with Crippen LogP contribution < -0.4 is 0 Å². The number of ether oxygens (including phenoxy) is 1. The SMILES string of the molecule is Cc1ccc2c(ccn2COCc2ccccc2)c1. The van der Waals surface area contributed by atoms with E-state index in [1.165, 1.54) is 22.0 Å². The van der Waals surface area contributed by atoms with Crippen LogP contribution in [0.1, 0.15) is 11.1 Å². The molecule has 0 fully saturated rings. The monoisotopic (exact) mass is 251 g/mol. The molecule has 19 heavy (non-hydrogen) atoms. The van der Waals surface area contributed by atoms with Gasteiger partial charge in [-0.3, -0.25) is 0 Å². The largest absolute Gasteiger partial charge is 0.356 e. The molecule has 2 heteroatoms. The van der Waals surface area contributed by atoms with Crippen molar-refractivity contribution >= 4 is 10.9 Å². The predicted molar refractivity (Wildman–Crippen MR) is 77.9 cm³/mol. The maximum Gasteiger partial charge on any atom is 0.123 e. The highest BCUT2D eigenvalue weighted by Gasteiger charge is 2.01. The van der Waals surface area contributed by atoms with Crippen molar-refractivity contribution in [2.75, 3.05) is 0 Å². The maximum absolute atomic E-state index is 5.77. The first-order valence-electron chi connectivity index (χ1n) is 6.50. The van der Waals surface area contributed by atoms with Crippen LogP contribution in [0.25, 0.3) is 10.9 Å². The van der Waals surface area contributed by atoms with Gasteiger partial charge in [0.2, 0.25) is 0 Å². The highest BCUT2D eigenvalue weighted by molar-refractivity contribution is 5.80. The van der Waals surface area contributed by atoms with Gasteiger partial charge in [0, 0.05) is 11.7 Å². The van der Waals surface area contributed by atoms with Crippen molar-refractivity contribution in [2.45, 2.75) is 20.3 Å². The lowest BCUT2D eigenvalue weighted by Crippen LogP contribution is -2.01. The molecule has 0 amide bonds. The van der Waals surface area contributed by atoms with Gasteiger partial charge >= 0.3 is 0 Å². The Morgan fingerprint density at radius 3 is 2.68 bits per heavy atom. The molecule has 2 aromatic carbocycles. The van der Waals surface area contributed by atoms with E-state index in [0.717, 1.165) is 0 Å². The molecule has 0 N–H and O–H groups in total. The second-order valence-electron chi connectivity index (χ2n) is 4.81. The van der Waals surface area contributed by atoms with Gasteiger partial charge in [-0.05, 0) is 36.1 Å². The molecule has 0 atom stereocenters. The fraction of sp³-hybridized carbons (Fsp3) is 0.176. The molecule has 0 bridgehead atoms. The van der Waals surface area contributed by atoms with Crippen LogP contribution in [-0.4, -0.2) is 4.57 Å². The summed E-state index contributed by atoms with van der Waals surface area (Å²) >= 11 is 0. The molecule has 2 nitrogen and oxygen atoms in total. The van der Waals surface area contributed by atoms with Gasteiger partial charge in [-0.25, -0.2) is 0 Å². The van der Waals surface area contributed by atoms with E-state index < -0.39 is 0 Å². The average molecular weight is 251 g/mol.